The van der Waals surface area contributed by atoms with Crippen LogP contribution in [0.25, 0.3) is 0 Å². The summed E-state index contributed by atoms with van der Waals surface area (Å²) in [6.45, 7) is 12.0. The Morgan fingerprint density at radius 1 is 1.20 bits per heavy atom. The Morgan fingerprint density at radius 2 is 1.93 bits per heavy atom. The Hall–Kier alpha value is -1.84. The average Bonchev–Trinajstić information content (AvgIpc) is 2.71. The molecule has 0 bridgehead atoms. The summed E-state index contributed by atoms with van der Waals surface area (Å²) in [5, 5.41) is 14.2. The number of rotatable bonds is 7. The van der Waals surface area contributed by atoms with Gasteiger partial charge in [0.2, 0.25) is 11.6 Å². The van der Waals surface area contributed by atoms with Crippen LogP contribution in [0.5, 0.6) is 0 Å². The first-order chi connectivity index (χ1) is 14.1. The van der Waals surface area contributed by atoms with E-state index in [-0.39, 0.29) is 16.6 Å². The zero-order valence-electron chi connectivity index (χ0n) is 19.4. The zero-order chi connectivity index (χ0) is 22.1. The maximum Gasteiger partial charge on any atom is 0.232 e. The minimum atomic E-state index is -0.532. The highest BCUT2D eigenvalue weighted by Gasteiger charge is 2.54. The Balaban J connectivity index is 1.91. The first-order valence-corrected chi connectivity index (χ1v) is 11.8. The number of hydrogen-bond donors (Lipinski definition) is 2. The number of ketones is 2. The normalized spacial score (nSPS) is 34.4. The zero-order valence-corrected chi connectivity index (χ0v) is 19.4. The Bertz CT molecular complexity index is 805. The molecule has 0 aromatic heterocycles. The molecule has 3 aliphatic rings. The first kappa shape index (κ1) is 22.8. The predicted molar refractivity (Wildman–Crippen MR) is 121 cm³/mol. The molecule has 30 heavy (non-hydrogen) atoms. The SMILES string of the molecule is CCCCCNC1=CC(=O)C(=O)C(CC2(C)C(C)CCC3(C)C(C)=CCCC32)=C1O. The van der Waals surface area contributed by atoms with E-state index in [1.165, 1.54) is 18.1 Å². The largest absolute Gasteiger partial charge is 0.505 e. The van der Waals surface area contributed by atoms with Gasteiger partial charge in [0.1, 0.15) is 5.76 Å². The summed E-state index contributed by atoms with van der Waals surface area (Å²) in [7, 11) is 0. The minimum absolute atomic E-state index is 0.0140. The van der Waals surface area contributed by atoms with Gasteiger partial charge in [-0.15, -0.1) is 0 Å². The molecule has 0 saturated heterocycles. The maximum atomic E-state index is 12.8. The molecular weight excluding hydrogens is 374 g/mol. The lowest BCUT2D eigenvalue weighted by molar-refractivity contribution is -0.132. The number of Topliss-reactive ketones (excluding diaryl/α,β-unsaturated/α-hetero) is 1. The molecule has 3 rings (SSSR count). The molecule has 4 atom stereocenters. The first-order valence-electron chi connectivity index (χ1n) is 11.8. The van der Waals surface area contributed by atoms with Crippen LogP contribution in [0.15, 0.2) is 34.8 Å². The summed E-state index contributed by atoms with van der Waals surface area (Å²) in [5.74, 6) is -0.198. The second kappa shape index (κ2) is 8.72. The molecule has 3 aliphatic carbocycles. The number of allylic oxidation sites excluding steroid dienone is 4. The fourth-order valence-electron chi connectivity index (χ4n) is 6.17. The van der Waals surface area contributed by atoms with Crippen molar-refractivity contribution in [2.45, 2.75) is 86.0 Å². The molecule has 2 N–H and O–H groups in total. The van der Waals surface area contributed by atoms with E-state index in [4.69, 9.17) is 0 Å². The smallest absolute Gasteiger partial charge is 0.232 e. The highest BCUT2D eigenvalue weighted by Crippen LogP contribution is 2.62. The van der Waals surface area contributed by atoms with Gasteiger partial charge in [-0.05, 0) is 68.1 Å². The molecule has 0 heterocycles. The van der Waals surface area contributed by atoms with Crippen LogP contribution in [0.3, 0.4) is 0 Å². The van der Waals surface area contributed by atoms with Gasteiger partial charge >= 0.3 is 0 Å². The van der Waals surface area contributed by atoms with Gasteiger partial charge in [-0.1, -0.05) is 52.2 Å². The maximum absolute atomic E-state index is 12.8. The van der Waals surface area contributed by atoms with Gasteiger partial charge in [0.15, 0.2) is 0 Å². The number of aliphatic hydroxyl groups excluding tert-OH is 1. The van der Waals surface area contributed by atoms with Crippen molar-refractivity contribution in [1.29, 1.82) is 0 Å². The molecule has 166 valence electrons. The third kappa shape index (κ3) is 3.90. The third-order valence-electron chi connectivity index (χ3n) is 8.56. The summed E-state index contributed by atoms with van der Waals surface area (Å²) in [6, 6.07) is 0. The van der Waals surface area contributed by atoms with Gasteiger partial charge in [-0.2, -0.15) is 0 Å². The predicted octanol–water partition coefficient (Wildman–Crippen LogP) is 5.80. The van der Waals surface area contributed by atoms with Crippen molar-refractivity contribution in [2.24, 2.45) is 22.7 Å². The van der Waals surface area contributed by atoms with Crippen molar-refractivity contribution in [1.82, 2.24) is 5.32 Å². The third-order valence-corrected chi connectivity index (χ3v) is 8.56. The van der Waals surface area contributed by atoms with Crippen LogP contribution in [0, 0.1) is 22.7 Å². The van der Waals surface area contributed by atoms with E-state index >= 15 is 0 Å². The van der Waals surface area contributed by atoms with Crippen LogP contribution in [0.2, 0.25) is 0 Å². The van der Waals surface area contributed by atoms with Gasteiger partial charge in [-0.3, -0.25) is 9.59 Å². The Labute approximate surface area is 181 Å². The fourth-order valence-corrected chi connectivity index (χ4v) is 6.17. The lowest BCUT2D eigenvalue weighted by Crippen LogP contribution is -2.50. The number of unbranched alkanes of at least 4 members (excludes halogenated alkanes) is 2. The Kier molecular flexibility index (Phi) is 6.64. The van der Waals surface area contributed by atoms with Crippen molar-refractivity contribution < 1.29 is 14.7 Å². The van der Waals surface area contributed by atoms with E-state index in [0.29, 0.717) is 36.1 Å². The summed E-state index contributed by atoms with van der Waals surface area (Å²) in [4.78, 5) is 25.3. The fraction of sp³-hybridized carbons (Fsp3) is 0.692. The molecule has 0 aromatic rings. The van der Waals surface area contributed by atoms with Gasteiger partial charge in [0.05, 0.1) is 5.70 Å². The number of nitrogens with one attached hydrogen (secondary N) is 1. The van der Waals surface area contributed by atoms with E-state index in [9.17, 15) is 14.7 Å². The van der Waals surface area contributed by atoms with E-state index in [1.807, 2.05) is 0 Å². The molecule has 4 nitrogen and oxygen atoms in total. The Morgan fingerprint density at radius 3 is 2.63 bits per heavy atom. The molecule has 0 amide bonds. The van der Waals surface area contributed by atoms with Crippen LogP contribution in [0.4, 0.5) is 0 Å². The summed E-state index contributed by atoms with van der Waals surface area (Å²) < 4.78 is 0. The van der Waals surface area contributed by atoms with E-state index < -0.39 is 11.6 Å². The van der Waals surface area contributed by atoms with Crippen LogP contribution in [-0.4, -0.2) is 23.2 Å². The highest BCUT2D eigenvalue weighted by molar-refractivity contribution is 6.48. The molecule has 1 fully saturated rings. The van der Waals surface area contributed by atoms with Gasteiger partial charge < -0.3 is 10.4 Å². The van der Waals surface area contributed by atoms with E-state index in [2.05, 4.69) is 46.0 Å². The molecule has 4 heteroatoms. The quantitative estimate of drug-likeness (QED) is 0.239. The minimum Gasteiger partial charge on any atom is -0.505 e. The molecule has 1 saturated carbocycles. The lowest BCUT2D eigenvalue weighted by atomic mass is 9.46. The van der Waals surface area contributed by atoms with Crippen LogP contribution in [0.1, 0.15) is 86.0 Å². The van der Waals surface area contributed by atoms with Crippen molar-refractivity contribution >= 4 is 11.6 Å². The number of carbonyl (C=O) groups excluding carboxylic acids is 2. The van der Waals surface area contributed by atoms with Gasteiger partial charge in [-0.25, -0.2) is 0 Å². The van der Waals surface area contributed by atoms with Gasteiger partial charge in [0, 0.05) is 18.2 Å². The van der Waals surface area contributed by atoms with Crippen LogP contribution >= 0.6 is 0 Å². The van der Waals surface area contributed by atoms with Crippen molar-refractivity contribution in [3.05, 3.63) is 34.8 Å². The van der Waals surface area contributed by atoms with E-state index in [0.717, 1.165) is 38.5 Å². The summed E-state index contributed by atoms with van der Waals surface area (Å²) in [6.07, 6.45) is 11.7. The molecule has 0 aromatic carbocycles. The van der Waals surface area contributed by atoms with Crippen molar-refractivity contribution in [2.75, 3.05) is 6.54 Å². The van der Waals surface area contributed by atoms with Crippen LogP contribution < -0.4 is 5.32 Å². The van der Waals surface area contributed by atoms with Gasteiger partial charge in [0.25, 0.3) is 0 Å². The standard InChI is InChI=1S/C26H39NO3/c1-6-7-8-14-27-20-15-21(28)24(30)19(23(20)29)16-26(5)18(3)12-13-25(4)17(2)10-9-11-22(25)26/h10,15,18,22,27,29H,6-9,11-14,16H2,1-5H3. The van der Waals surface area contributed by atoms with Crippen LogP contribution in [-0.2, 0) is 9.59 Å². The molecule has 4 unspecified atom stereocenters. The molecule has 0 aliphatic heterocycles. The second-order valence-electron chi connectivity index (χ2n) is 10.3. The lowest BCUT2D eigenvalue weighted by Gasteiger charge is -2.58. The highest BCUT2D eigenvalue weighted by atomic mass is 16.3. The molecule has 0 spiro atoms. The number of hydrogen-bond acceptors (Lipinski definition) is 4. The molecule has 0 radical (unpaired) electrons. The number of fused-ring (bicyclic) bond motifs is 1. The topological polar surface area (TPSA) is 66.4 Å². The van der Waals surface area contributed by atoms with Crippen molar-refractivity contribution in [3.63, 3.8) is 0 Å². The monoisotopic (exact) mass is 413 g/mol. The summed E-state index contributed by atoms with van der Waals surface area (Å²) >= 11 is 0. The van der Waals surface area contributed by atoms with E-state index in [1.54, 1.807) is 0 Å². The number of carbonyl (C=O) groups is 2. The molecular formula is C26H39NO3. The summed E-state index contributed by atoms with van der Waals surface area (Å²) in [5.41, 5.74) is 2.19. The number of aliphatic hydroxyl groups is 1. The van der Waals surface area contributed by atoms with Crippen molar-refractivity contribution in [3.8, 4) is 0 Å². The second-order valence-corrected chi connectivity index (χ2v) is 10.3. The average molecular weight is 414 g/mol.